The number of aromatic nitrogens is 1. The van der Waals surface area contributed by atoms with Crippen molar-refractivity contribution in [1.82, 2.24) is 14.8 Å². The summed E-state index contributed by atoms with van der Waals surface area (Å²) >= 11 is 0. The molecule has 0 aliphatic carbocycles. The van der Waals surface area contributed by atoms with Crippen LogP contribution in [-0.4, -0.2) is 47.9 Å². The fraction of sp³-hybridized carbons (Fsp3) is 0.368. The normalized spacial score (nSPS) is 12.0. The molecule has 0 N–H and O–H groups in total. The van der Waals surface area contributed by atoms with Gasteiger partial charge in [-0.05, 0) is 36.8 Å². The van der Waals surface area contributed by atoms with Crippen LogP contribution >= 0.6 is 0 Å². The van der Waals surface area contributed by atoms with E-state index in [0.717, 1.165) is 17.0 Å². The SMILES string of the molecule is COc1ccc(CN(Cc2ccccn2)[C@H](C)C(=O)N(C)C)cc1. The summed E-state index contributed by atoms with van der Waals surface area (Å²) in [6, 6.07) is 13.5. The molecular weight excluding hydrogens is 302 g/mol. The van der Waals surface area contributed by atoms with Crippen molar-refractivity contribution in [3.05, 3.63) is 59.9 Å². The van der Waals surface area contributed by atoms with E-state index in [9.17, 15) is 4.79 Å². The second kappa shape index (κ2) is 8.45. The first kappa shape index (κ1) is 17.9. The molecule has 0 aliphatic rings. The summed E-state index contributed by atoms with van der Waals surface area (Å²) in [6.07, 6.45) is 1.78. The third-order valence-electron chi connectivity index (χ3n) is 3.98. The lowest BCUT2D eigenvalue weighted by molar-refractivity contribution is -0.134. The Labute approximate surface area is 143 Å². The summed E-state index contributed by atoms with van der Waals surface area (Å²) in [5.74, 6) is 0.909. The summed E-state index contributed by atoms with van der Waals surface area (Å²) in [4.78, 5) is 20.6. The van der Waals surface area contributed by atoms with Crippen molar-refractivity contribution in [2.24, 2.45) is 0 Å². The molecule has 1 atom stereocenters. The van der Waals surface area contributed by atoms with Crippen LogP contribution in [-0.2, 0) is 17.9 Å². The van der Waals surface area contributed by atoms with Gasteiger partial charge in [0.1, 0.15) is 5.75 Å². The van der Waals surface area contributed by atoms with E-state index in [4.69, 9.17) is 4.74 Å². The van der Waals surface area contributed by atoms with E-state index in [1.807, 2.05) is 49.4 Å². The van der Waals surface area contributed by atoms with Gasteiger partial charge in [0.2, 0.25) is 5.91 Å². The Morgan fingerprint density at radius 2 is 1.83 bits per heavy atom. The monoisotopic (exact) mass is 327 g/mol. The Hall–Kier alpha value is -2.40. The molecule has 0 spiro atoms. The maximum Gasteiger partial charge on any atom is 0.239 e. The number of nitrogens with zero attached hydrogens (tertiary/aromatic N) is 3. The summed E-state index contributed by atoms with van der Waals surface area (Å²) in [5, 5.41) is 0. The highest BCUT2D eigenvalue weighted by Gasteiger charge is 2.23. The zero-order chi connectivity index (χ0) is 17.5. The highest BCUT2D eigenvalue weighted by Crippen LogP contribution is 2.16. The number of carbonyl (C=O) groups excluding carboxylic acids is 1. The molecule has 0 saturated carbocycles. The number of methoxy groups -OCH3 is 1. The van der Waals surface area contributed by atoms with Gasteiger partial charge in [-0.15, -0.1) is 0 Å². The van der Waals surface area contributed by atoms with Crippen LogP contribution in [0.5, 0.6) is 5.75 Å². The van der Waals surface area contributed by atoms with Crippen LogP contribution in [0.1, 0.15) is 18.2 Å². The zero-order valence-electron chi connectivity index (χ0n) is 14.8. The predicted molar refractivity (Wildman–Crippen MR) is 94.6 cm³/mol. The molecule has 24 heavy (non-hydrogen) atoms. The summed E-state index contributed by atoms with van der Waals surface area (Å²) in [7, 11) is 5.22. The first-order valence-corrected chi connectivity index (χ1v) is 7.99. The number of likely N-dealkylation sites (N-methyl/N-ethyl adjacent to an activating group) is 1. The molecule has 2 aromatic rings. The second-order valence-electron chi connectivity index (χ2n) is 5.98. The molecular formula is C19H25N3O2. The third kappa shape index (κ3) is 4.80. The Balaban J connectivity index is 2.19. The smallest absolute Gasteiger partial charge is 0.239 e. The molecule has 0 aliphatic heterocycles. The molecule has 1 aromatic carbocycles. The largest absolute Gasteiger partial charge is 0.497 e. The van der Waals surface area contributed by atoms with Gasteiger partial charge in [0.05, 0.1) is 18.8 Å². The first-order chi connectivity index (χ1) is 11.5. The summed E-state index contributed by atoms with van der Waals surface area (Å²) < 4.78 is 5.20. The molecule has 0 bridgehead atoms. The van der Waals surface area contributed by atoms with Crippen LogP contribution in [0.2, 0.25) is 0 Å². The van der Waals surface area contributed by atoms with E-state index >= 15 is 0 Å². The maximum absolute atomic E-state index is 12.4. The van der Waals surface area contributed by atoms with Crippen molar-refractivity contribution in [3.8, 4) is 5.75 Å². The van der Waals surface area contributed by atoms with Crippen molar-refractivity contribution >= 4 is 5.91 Å². The quantitative estimate of drug-likeness (QED) is 0.784. The standard InChI is InChI=1S/C19H25N3O2/c1-15(19(23)21(2)3)22(14-17-7-5-6-12-20-17)13-16-8-10-18(24-4)11-9-16/h5-12,15H,13-14H2,1-4H3/t15-/m1/s1. The Morgan fingerprint density at radius 3 is 2.38 bits per heavy atom. The second-order valence-corrected chi connectivity index (χ2v) is 5.98. The third-order valence-corrected chi connectivity index (χ3v) is 3.98. The first-order valence-electron chi connectivity index (χ1n) is 7.99. The molecule has 0 unspecified atom stereocenters. The van der Waals surface area contributed by atoms with E-state index in [2.05, 4.69) is 9.88 Å². The summed E-state index contributed by atoms with van der Waals surface area (Å²) in [5.41, 5.74) is 2.08. The molecule has 5 heteroatoms. The molecule has 5 nitrogen and oxygen atoms in total. The van der Waals surface area contributed by atoms with Crippen LogP contribution in [0.25, 0.3) is 0 Å². The molecule has 0 fully saturated rings. The van der Waals surface area contributed by atoms with Crippen LogP contribution in [0, 0.1) is 0 Å². The maximum atomic E-state index is 12.4. The average Bonchev–Trinajstić information content (AvgIpc) is 2.61. The summed E-state index contributed by atoms with van der Waals surface area (Å²) in [6.45, 7) is 3.23. The van der Waals surface area contributed by atoms with Gasteiger partial charge in [-0.25, -0.2) is 0 Å². The molecule has 1 heterocycles. The number of hydrogen-bond donors (Lipinski definition) is 0. The lowest BCUT2D eigenvalue weighted by Gasteiger charge is -2.30. The Morgan fingerprint density at radius 1 is 1.12 bits per heavy atom. The van der Waals surface area contributed by atoms with Gasteiger partial charge in [0.15, 0.2) is 0 Å². The van der Waals surface area contributed by atoms with Gasteiger partial charge in [0.25, 0.3) is 0 Å². The number of benzene rings is 1. The van der Waals surface area contributed by atoms with Gasteiger partial charge < -0.3 is 9.64 Å². The van der Waals surface area contributed by atoms with Crippen LogP contribution < -0.4 is 4.74 Å². The van der Waals surface area contributed by atoms with E-state index in [-0.39, 0.29) is 11.9 Å². The molecule has 2 rings (SSSR count). The minimum absolute atomic E-state index is 0.0828. The van der Waals surface area contributed by atoms with Crippen molar-refractivity contribution in [1.29, 1.82) is 0 Å². The molecule has 1 amide bonds. The molecule has 0 saturated heterocycles. The fourth-order valence-corrected chi connectivity index (χ4v) is 2.52. The van der Waals surface area contributed by atoms with Gasteiger partial charge in [-0.2, -0.15) is 0 Å². The minimum atomic E-state index is -0.232. The predicted octanol–water partition coefficient (Wildman–Crippen LogP) is 2.57. The van der Waals surface area contributed by atoms with Crippen LogP contribution in [0.15, 0.2) is 48.7 Å². The highest BCUT2D eigenvalue weighted by molar-refractivity contribution is 5.80. The minimum Gasteiger partial charge on any atom is -0.497 e. The molecule has 0 radical (unpaired) electrons. The van der Waals surface area contributed by atoms with E-state index in [1.165, 1.54) is 0 Å². The van der Waals surface area contributed by atoms with Gasteiger partial charge in [-0.1, -0.05) is 18.2 Å². The number of rotatable bonds is 7. The van der Waals surface area contributed by atoms with Crippen molar-refractivity contribution in [2.75, 3.05) is 21.2 Å². The number of pyridine rings is 1. The fourth-order valence-electron chi connectivity index (χ4n) is 2.52. The number of hydrogen-bond acceptors (Lipinski definition) is 4. The lowest BCUT2D eigenvalue weighted by atomic mass is 10.1. The number of carbonyl (C=O) groups is 1. The van der Waals surface area contributed by atoms with Crippen molar-refractivity contribution < 1.29 is 9.53 Å². The van der Waals surface area contributed by atoms with Crippen molar-refractivity contribution in [2.45, 2.75) is 26.1 Å². The zero-order valence-corrected chi connectivity index (χ0v) is 14.8. The van der Waals surface area contributed by atoms with E-state index < -0.39 is 0 Å². The number of amides is 1. The number of ether oxygens (including phenoxy) is 1. The van der Waals surface area contributed by atoms with E-state index in [1.54, 1.807) is 32.3 Å². The van der Waals surface area contributed by atoms with E-state index in [0.29, 0.717) is 13.1 Å². The van der Waals surface area contributed by atoms with Crippen LogP contribution in [0.3, 0.4) is 0 Å². The topological polar surface area (TPSA) is 45.7 Å². The average molecular weight is 327 g/mol. The van der Waals surface area contributed by atoms with Crippen LogP contribution in [0.4, 0.5) is 0 Å². The highest BCUT2D eigenvalue weighted by atomic mass is 16.5. The van der Waals surface area contributed by atoms with Gasteiger partial charge >= 0.3 is 0 Å². The Kier molecular flexibility index (Phi) is 6.32. The lowest BCUT2D eigenvalue weighted by Crippen LogP contribution is -2.44. The van der Waals surface area contributed by atoms with Gasteiger partial charge in [0, 0.05) is 33.4 Å². The Bertz CT molecular complexity index is 641. The van der Waals surface area contributed by atoms with Crippen molar-refractivity contribution in [3.63, 3.8) is 0 Å². The molecule has 128 valence electrons. The molecule has 1 aromatic heterocycles. The van der Waals surface area contributed by atoms with Gasteiger partial charge in [-0.3, -0.25) is 14.7 Å².